The molecule has 1 aliphatic rings. The molecule has 0 atom stereocenters. The van der Waals surface area contributed by atoms with Crippen molar-refractivity contribution in [3.05, 3.63) is 12.7 Å². The summed E-state index contributed by atoms with van der Waals surface area (Å²) in [5, 5.41) is 3.32. The van der Waals surface area contributed by atoms with E-state index in [-0.39, 0.29) is 5.97 Å². The molecule has 0 unspecified atom stereocenters. The van der Waals surface area contributed by atoms with E-state index in [1.54, 1.807) is 6.08 Å². The molecule has 0 aromatic carbocycles. The summed E-state index contributed by atoms with van der Waals surface area (Å²) in [6.07, 6.45) is 7.00. The Morgan fingerprint density at radius 3 is 2.59 bits per heavy atom. The molecule has 0 aromatic rings. The van der Waals surface area contributed by atoms with Gasteiger partial charge in [-0.3, -0.25) is 10.1 Å². The molecular weight excluding hydrogens is 214 g/mol. The van der Waals surface area contributed by atoms with Gasteiger partial charge in [-0.15, -0.1) is 6.58 Å². The van der Waals surface area contributed by atoms with E-state index in [1.165, 1.54) is 6.42 Å². The van der Waals surface area contributed by atoms with Crippen molar-refractivity contribution in [1.29, 1.82) is 0 Å². The quantitative estimate of drug-likeness (QED) is 0.572. The molecule has 0 aliphatic heterocycles. The van der Waals surface area contributed by atoms with Gasteiger partial charge in [0.25, 0.3) is 0 Å². The Labute approximate surface area is 105 Å². The van der Waals surface area contributed by atoms with Crippen LogP contribution in [0.2, 0.25) is 0 Å². The van der Waals surface area contributed by atoms with Gasteiger partial charge in [-0.25, -0.2) is 0 Å². The Hall–Kier alpha value is -0.830. The Balaban J connectivity index is 2.66. The first-order valence-corrected chi connectivity index (χ1v) is 6.71. The summed E-state index contributed by atoms with van der Waals surface area (Å²) >= 11 is 0. The van der Waals surface area contributed by atoms with E-state index in [0.29, 0.717) is 13.2 Å². The lowest BCUT2D eigenvalue weighted by molar-refractivity contribution is -0.153. The minimum absolute atomic E-state index is 0.0867. The van der Waals surface area contributed by atoms with Gasteiger partial charge >= 0.3 is 5.97 Å². The molecule has 3 nitrogen and oxygen atoms in total. The lowest BCUT2D eigenvalue weighted by Crippen LogP contribution is -2.55. The van der Waals surface area contributed by atoms with Crippen LogP contribution in [0.1, 0.15) is 46.0 Å². The second-order valence-corrected chi connectivity index (χ2v) is 4.82. The Bertz CT molecular complexity index is 255. The minimum Gasteiger partial charge on any atom is -0.465 e. The fourth-order valence-corrected chi connectivity index (χ4v) is 2.57. The second kappa shape index (κ2) is 6.80. The number of rotatable bonds is 6. The SMILES string of the molecule is C=CCNC1(C(=O)OCC)CCC(CC)CC1. The van der Waals surface area contributed by atoms with E-state index in [0.717, 1.165) is 31.6 Å². The number of carbonyl (C=O) groups excluding carboxylic acids is 1. The maximum absolute atomic E-state index is 12.1. The van der Waals surface area contributed by atoms with Gasteiger partial charge in [0, 0.05) is 6.54 Å². The van der Waals surface area contributed by atoms with Crippen LogP contribution in [0, 0.1) is 5.92 Å². The molecule has 1 fully saturated rings. The second-order valence-electron chi connectivity index (χ2n) is 4.82. The highest BCUT2D eigenvalue weighted by molar-refractivity contribution is 5.81. The average Bonchev–Trinajstić information content (AvgIpc) is 2.37. The molecule has 0 heterocycles. The van der Waals surface area contributed by atoms with Crippen LogP contribution in [0.3, 0.4) is 0 Å². The molecule has 0 saturated heterocycles. The summed E-state index contributed by atoms with van der Waals surface area (Å²) in [6.45, 7) is 8.89. The number of ether oxygens (including phenoxy) is 1. The van der Waals surface area contributed by atoms with Crippen molar-refractivity contribution in [3.8, 4) is 0 Å². The summed E-state index contributed by atoms with van der Waals surface area (Å²) in [7, 11) is 0. The normalized spacial score (nSPS) is 28.7. The van der Waals surface area contributed by atoms with E-state index >= 15 is 0 Å². The van der Waals surface area contributed by atoms with Gasteiger partial charge < -0.3 is 4.74 Å². The maximum atomic E-state index is 12.1. The van der Waals surface area contributed by atoms with Crippen molar-refractivity contribution in [2.24, 2.45) is 5.92 Å². The van der Waals surface area contributed by atoms with E-state index < -0.39 is 5.54 Å². The van der Waals surface area contributed by atoms with Gasteiger partial charge in [-0.2, -0.15) is 0 Å². The molecule has 17 heavy (non-hydrogen) atoms. The summed E-state index contributed by atoms with van der Waals surface area (Å²) in [6, 6.07) is 0. The molecule has 1 rings (SSSR count). The third-order valence-electron chi connectivity index (χ3n) is 3.79. The average molecular weight is 239 g/mol. The van der Waals surface area contributed by atoms with E-state index in [9.17, 15) is 4.79 Å². The van der Waals surface area contributed by atoms with Crippen molar-refractivity contribution in [2.75, 3.05) is 13.2 Å². The molecule has 3 heteroatoms. The number of hydrogen-bond donors (Lipinski definition) is 1. The molecule has 0 radical (unpaired) electrons. The van der Waals surface area contributed by atoms with Crippen molar-refractivity contribution in [3.63, 3.8) is 0 Å². The lowest BCUT2D eigenvalue weighted by atomic mass is 9.75. The fourth-order valence-electron chi connectivity index (χ4n) is 2.57. The van der Waals surface area contributed by atoms with Crippen LogP contribution in [0.5, 0.6) is 0 Å². The van der Waals surface area contributed by atoms with Crippen molar-refractivity contribution >= 4 is 5.97 Å². The Morgan fingerprint density at radius 1 is 1.47 bits per heavy atom. The highest BCUT2D eigenvalue weighted by atomic mass is 16.5. The summed E-state index contributed by atoms with van der Waals surface area (Å²) < 4.78 is 5.21. The predicted molar refractivity (Wildman–Crippen MR) is 69.8 cm³/mol. The summed E-state index contributed by atoms with van der Waals surface area (Å²) in [5.74, 6) is 0.680. The van der Waals surface area contributed by atoms with E-state index in [4.69, 9.17) is 4.74 Å². The molecule has 1 aliphatic carbocycles. The molecule has 0 spiro atoms. The van der Waals surface area contributed by atoms with Crippen LogP contribution in [0.15, 0.2) is 12.7 Å². The summed E-state index contributed by atoms with van der Waals surface area (Å²) in [4.78, 5) is 12.1. The third-order valence-corrected chi connectivity index (χ3v) is 3.79. The van der Waals surface area contributed by atoms with Crippen LogP contribution in [0.4, 0.5) is 0 Å². The number of esters is 1. The van der Waals surface area contributed by atoms with Crippen molar-refractivity contribution in [2.45, 2.75) is 51.5 Å². The number of carbonyl (C=O) groups is 1. The molecule has 0 aromatic heterocycles. The van der Waals surface area contributed by atoms with Gasteiger partial charge in [-0.1, -0.05) is 19.4 Å². The van der Waals surface area contributed by atoms with Gasteiger partial charge in [0.1, 0.15) is 5.54 Å². The van der Waals surface area contributed by atoms with Crippen LogP contribution < -0.4 is 5.32 Å². The van der Waals surface area contributed by atoms with Gasteiger partial charge in [-0.05, 0) is 38.5 Å². The standard InChI is InChI=1S/C14H25NO2/c1-4-11-15-14(13(16)17-6-3)9-7-12(5-2)8-10-14/h4,12,15H,1,5-11H2,2-3H3. The molecule has 0 bridgehead atoms. The van der Waals surface area contributed by atoms with Gasteiger partial charge in [0.2, 0.25) is 0 Å². The lowest BCUT2D eigenvalue weighted by Gasteiger charge is -2.38. The number of hydrogen-bond acceptors (Lipinski definition) is 3. The molecular formula is C14H25NO2. The smallest absolute Gasteiger partial charge is 0.326 e. The van der Waals surface area contributed by atoms with Crippen molar-refractivity contribution in [1.82, 2.24) is 5.32 Å². The zero-order valence-electron chi connectivity index (χ0n) is 11.1. The highest BCUT2D eigenvalue weighted by Crippen LogP contribution is 2.34. The zero-order chi connectivity index (χ0) is 12.7. The first-order valence-electron chi connectivity index (χ1n) is 6.71. The summed E-state index contributed by atoms with van der Waals surface area (Å²) in [5.41, 5.74) is -0.462. The van der Waals surface area contributed by atoms with Crippen LogP contribution in [-0.2, 0) is 9.53 Å². The monoisotopic (exact) mass is 239 g/mol. The zero-order valence-corrected chi connectivity index (χ0v) is 11.1. The topological polar surface area (TPSA) is 38.3 Å². The Morgan fingerprint density at radius 2 is 2.12 bits per heavy atom. The Kier molecular flexibility index (Phi) is 5.69. The maximum Gasteiger partial charge on any atom is 0.326 e. The number of nitrogens with one attached hydrogen (secondary N) is 1. The minimum atomic E-state index is -0.462. The first kappa shape index (κ1) is 14.2. The highest BCUT2D eigenvalue weighted by Gasteiger charge is 2.41. The predicted octanol–water partition coefficient (Wildman–Crippen LogP) is 2.66. The molecule has 1 saturated carbocycles. The van der Waals surface area contributed by atoms with E-state index in [2.05, 4.69) is 18.8 Å². The van der Waals surface area contributed by atoms with Crippen molar-refractivity contribution < 1.29 is 9.53 Å². The molecule has 0 amide bonds. The largest absolute Gasteiger partial charge is 0.465 e. The molecule has 1 N–H and O–H groups in total. The first-order chi connectivity index (χ1) is 8.18. The fraction of sp³-hybridized carbons (Fsp3) is 0.786. The van der Waals surface area contributed by atoms with Crippen LogP contribution >= 0.6 is 0 Å². The van der Waals surface area contributed by atoms with Crippen LogP contribution in [0.25, 0.3) is 0 Å². The van der Waals surface area contributed by atoms with Gasteiger partial charge in [0.05, 0.1) is 6.61 Å². The van der Waals surface area contributed by atoms with Gasteiger partial charge in [0.15, 0.2) is 0 Å². The van der Waals surface area contributed by atoms with Crippen LogP contribution in [-0.4, -0.2) is 24.7 Å². The third kappa shape index (κ3) is 3.56. The van der Waals surface area contributed by atoms with E-state index in [1.807, 2.05) is 6.92 Å². The molecule has 98 valence electrons.